The maximum atomic E-state index is 12.3. The lowest BCUT2D eigenvalue weighted by molar-refractivity contribution is -0.116. The second kappa shape index (κ2) is 7.21. The van der Waals surface area contributed by atoms with Crippen molar-refractivity contribution < 1.29 is 9.32 Å². The first kappa shape index (κ1) is 16.8. The zero-order chi connectivity index (χ0) is 17.8. The molecule has 2 aromatic heterocycles. The van der Waals surface area contributed by atoms with E-state index in [4.69, 9.17) is 4.52 Å². The van der Waals surface area contributed by atoms with Gasteiger partial charge in [-0.3, -0.25) is 9.59 Å². The Morgan fingerprint density at radius 3 is 2.72 bits per heavy atom. The molecule has 7 heteroatoms. The van der Waals surface area contributed by atoms with Gasteiger partial charge in [0, 0.05) is 24.5 Å². The van der Waals surface area contributed by atoms with Gasteiger partial charge < -0.3 is 9.84 Å². The van der Waals surface area contributed by atoms with E-state index in [1.165, 1.54) is 6.07 Å². The number of H-pyrrole nitrogens is 1. The average molecular weight is 340 g/mol. The second-order valence-electron chi connectivity index (χ2n) is 5.75. The summed E-state index contributed by atoms with van der Waals surface area (Å²) in [6.07, 6.45) is 1.34. The lowest BCUT2D eigenvalue weighted by atomic mass is 10.2. The molecule has 25 heavy (non-hydrogen) atoms. The molecule has 3 aromatic rings. The van der Waals surface area contributed by atoms with Gasteiger partial charge in [-0.15, -0.1) is 0 Å². The lowest BCUT2D eigenvalue weighted by Gasteiger charge is -2.09. The number of aryl methyl sites for hydroxylation is 2. The number of nitrogens with one attached hydrogen (secondary N) is 2. The van der Waals surface area contributed by atoms with Gasteiger partial charge in [-0.2, -0.15) is 10.3 Å². The summed E-state index contributed by atoms with van der Waals surface area (Å²) in [6.45, 7) is 3.98. The predicted molar refractivity (Wildman–Crippen MR) is 94.0 cm³/mol. The van der Waals surface area contributed by atoms with Gasteiger partial charge in [-0.25, -0.2) is 4.68 Å². The summed E-state index contributed by atoms with van der Waals surface area (Å²) < 4.78 is 6.72. The molecule has 3 rings (SSSR count). The predicted octanol–water partition coefficient (Wildman–Crippen LogP) is 2.60. The first-order valence-electron chi connectivity index (χ1n) is 8.19. The molecule has 0 unspecified atom stereocenters. The van der Waals surface area contributed by atoms with Crippen LogP contribution in [0, 0.1) is 6.92 Å². The van der Waals surface area contributed by atoms with Crippen molar-refractivity contribution in [3.05, 3.63) is 63.8 Å². The average Bonchev–Trinajstić information content (AvgIpc) is 3.18. The standard InChI is InChI=1S/C18H20N4O3/c1-3-15-12(2)18(22(20-15)13-7-5-4-6-8-13)19-16(23)10-9-14-11-17(24)21-25-14/h4-8,11H,3,9-10H2,1-2H3,(H,19,23)(H,21,24). The summed E-state index contributed by atoms with van der Waals surface area (Å²) in [6, 6.07) is 11.0. The Balaban J connectivity index is 1.80. The number of aromatic amines is 1. The Kier molecular flexibility index (Phi) is 4.83. The van der Waals surface area contributed by atoms with Crippen molar-refractivity contribution in [1.29, 1.82) is 0 Å². The molecule has 1 amide bonds. The Labute approximate surface area is 144 Å². The normalized spacial score (nSPS) is 10.8. The van der Waals surface area contributed by atoms with E-state index in [0.717, 1.165) is 23.4 Å². The largest absolute Gasteiger partial charge is 0.384 e. The van der Waals surface area contributed by atoms with Gasteiger partial charge in [0.1, 0.15) is 11.6 Å². The van der Waals surface area contributed by atoms with Crippen molar-refractivity contribution in [3.63, 3.8) is 0 Å². The Morgan fingerprint density at radius 2 is 2.08 bits per heavy atom. The fourth-order valence-corrected chi connectivity index (χ4v) is 2.66. The van der Waals surface area contributed by atoms with E-state index in [-0.39, 0.29) is 17.9 Å². The van der Waals surface area contributed by atoms with Gasteiger partial charge in [-0.05, 0) is 25.5 Å². The molecule has 0 aliphatic rings. The highest BCUT2D eigenvalue weighted by molar-refractivity contribution is 5.91. The van der Waals surface area contributed by atoms with Crippen LogP contribution in [0.2, 0.25) is 0 Å². The molecule has 0 aliphatic heterocycles. The van der Waals surface area contributed by atoms with Gasteiger partial charge in [0.15, 0.2) is 0 Å². The number of hydrogen-bond acceptors (Lipinski definition) is 4. The van der Waals surface area contributed by atoms with Crippen LogP contribution < -0.4 is 10.9 Å². The number of carbonyl (C=O) groups is 1. The van der Waals surface area contributed by atoms with Gasteiger partial charge >= 0.3 is 0 Å². The highest BCUT2D eigenvalue weighted by Gasteiger charge is 2.17. The monoisotopic (exact) mass is 340 g/mol. The number of aromatic nitrogens is 3. The number of benzene rings is 1. The number of anilines is 1. The van der Waals surface area contributed by atoms with Crippen molar-refractivity contribution in [2.24, 2.45) is 0 Å². The SMILES string of the molecule is CCc1nn(-c2ccccc2)c(NC(=O)CCc2cc(=O)[nH]o2)c1C. The van der Waals surface area contributed by atoms with Crippen LogP contribution in [0.1, 0.15) is 30.4 Å². The molecule has 2 N–H and O–H groups in total. The molecule has 0 saturated carbocycles. The zero-order valence-electron chi connectivity index (χ0n) is 14.2. The summed E-state index contributed by atoms with van der Waals surface area (Å²) in [5, 5.41) is 9.77. The molecule has 0 fully saturated rings. The van der Waals surface area contributed by atoms with E-state index in [2.05, 4.69) is 15.6 Å². The van der Waals surface area contributed by atoms with Crippen LogP contribution in [0.25, 0.3) is 5.69 Å². The van der Waals surface area contributed by atoms with Gasteiger partial charge in [-0.1, -0.05) is 25.1 Å². The van der Waals surface area contributed by atoms with Crippen molar-refractivity contribution in [1.82, 2.24) is 14.9 Å². The smallest absolute Gasteiger partial charge is 0.280 e. The fraction of sp³-hybridized carbons (Fsp3) is 0.278. The van der Waals surface area contributed by atoms with Crippen molar-refractivity contribution in [2.75, 3.05) is 5.32 Å². The Morgan fingerprint density at radius 1 is 1.32 bits per heavy atom. The molecule has 1 aromatic carbocycles. The van der Waals surface area contributed by atoms with Crippen LogP contribution in [0.3, 0.4) is 0 Å². The molecule has 0 saturated heterocycles. The minimum atomic E-state index is -0.305. The molecule has 2 heterocycles. The quantitative estimate of drug-likeness (QED) is 0.721. The summed E-state index contributed by atoms with van der Waals surface area (Å²) in [7, 11) is 0. The third-order valence-corrected chi connectivity index (χ3v) is 3.99. The molecule has 0 radical (unpaired) electrons. The molecule has 130 valence electrons. The Hall–Kier alpha value is -3.09. The van der Waals surface area contributed by atoms with Crippen LogP contribution in [0.5, 0.6) is 0 Å². The molecule has 7 nitrogen and oxygen atoms in total. The topological polar surface area (TPSA) is 92.9 Å². The number of carbonyl (C=O) groups excluding carboxylic acids is 1. The third kappa shape index (κ3) is 3.71. The van der Waals surface area contributed by atoms with E-state index < -0.39 is 0 Å². The van der Waals surface area contributed by atoms with Crippen molar-refractivity contribution in [2.45, 2.75) is 33.1 Å². The maximum absolute atomic E-state index is 12.3. The number of hydrogen-bond donors (Lipinski definition) is 2. The minimum absolute atomic E-state index is 0.160. The highest BCUT2D eigenvalue weighted by atomic mass is 16.5. The zero-order valence-corrected chi connectivity index (χ0v) is 14.2. The number of rotatable bonds is 6. The molecule has 0 bridgehead atoms. The first-order chi connectivity index (χ1) is 12.1. The van der Waals surface area contributed by atoms with Crippen LogP contribution in [-0.2, 0) is 17.6 Å². The van der Waals surface area contributed by atoms with Crippen LogP contribution in [-0.4, -0.2) is 20.8 Å². The van der Waals surface area contributed by atoms with Gasteiger partial charge in [0.05, 0.1) is 11.4 Å². The van der Waals surface area contributed by atoms with E-state index in [0.29, 0.717) is 18.0 Å². The van der Waals surface area contributed by atoms with Crippen molar-refractivity contribution in [3.8, 4) is 5.69 Å². The number of amides is 1. The maximum Gasteiger partial charge on any atom is 0.280 e. The van der Waals surface area contributed by atoms with E-state index >= 15 is 0 Å². The van der Waals surface area contributed by atoms with Crippen LogP contribution in [0.15, 0.2) is 45.7 Å². The molecule has 0 aliphatic carbocycles. The van der Waals surface area contributed by atoms with Crippen LogP contribution >= 0.6 is 0 Å². The van der Waals surface area contributed by atoms with Crippen LogP contribution in [0.4, 0.5) is 5.82 Å². The number of para-hydroxylation sites is 1. The fourth-order valence-electron chi connectivity index (χ4n) is 2.66. The molecular weight excluding hydrogens is 320 g/mol. The van der Waals surface area contributed by atoms with E-state index in [1.807, 2.05) is 44.2 Å². The molecule has 0 atom stereocenters. The van der Waals surface area contributed by atoms with E-state index in [9.17, 15) is 9.59 Å². The summed E-state index contributed by atoms with van der Waals surface area (Å²) in [5.41, 5.74) is 2.47. The third-order valence-electron chi connectivity index (χ3n) is 3.99. The summed E-state index contributed by atoms with van der Waals surface area (Å²) in [5.74, 6) is 0.970. The Bertz CT molecular complexity index is 921. The number of nitrogens with zero attached hydrogens (tertiary/aromatic N) is 2. The molecular formula is C18H20N4O3. The lowest BCUT2D eigenvalue weighted by Crippen LogP contribution is -2.16. The highest BCUT2D eigenvalue weighted by Crippen LogP contribution is 2.23. The van der Waals surface area contributed by atoms with Gasteiger partial charge in [0.2, 0.25) is 5.91 Å². The van der Waals surface area contributed by atoms with E-state index in [1.54, 1.807) is 4.68 Å². The van der Waals surface area contributed by atoms with Crippen molar-refractivity contribution >= 4 is 11.7 Å². The minimum Gasteiger partial charge on any atom is -0.384 e. The summed E-state index contributed by atoms with van der Waals surface area (Å²) in [4.78, 5) is 23.4. The van der Waals surface area contributed by atoms with Gasteiger partial charge in [0.25, 0.3) is 5.56 Å². The summed E-state index contributed by atoms with van der Waals surface area (Å²) >= 11 is 0. The second-order valence-corrected chi connectivity index (χ2v) is 5.75. The molecule has 0 spiro atoms. The first-order valence-corrected chi connectivity index (χ1v) is 8.19.